The van der Waals surface area contributed by atoms with E-state index in [1.165, 1.54) is 12.1 Å². The van der Waals surface area contributed by atoms with Crippen LogP contribution in [0.5, 0.6) is 5.75 Å². The molecule has 0 bridgehead atoms. The van der Waals surface area contributed by atoms with Crippen LogP contribution in [0.1, 0.15) is 21.5 Å². The molecule has 35 heavy (non-hydrogen) atoms. The Hall–Kier alpha value is -4.66. The summed E-state index contributed by atoms with van der Waals surface area (Å²) in [5.41, 5.74) is 1.45. The summed E-state index contributed by atoms with van der Waals surface area (Å²) >= 11 is 0. The third-order valence-corrected chi connectivity index (χ3v) is 4.83. The highest BCUT2D eigenvalue weighted by molar-refractivity contribution is 5.99. The summed E-state index contributed by atoms with van der Waals surface area (Å²) in [6.07, 6.45) is -0.801. The molecule has 0 aliphatic heterocycles. The number of nitrogens with one attached hydrogen (secondary N) is 2. The van der Waals surface area contributed by atoms with Crippen molar-refractivity contribution in [3.8, 4) is 5.75 Å². The topological polar surface area (TPSA) is 131 Å². The molecule has 0 aromatic heterocycles. The van der Waals surface area contributed by atoms with E-state index in [-0.39, 0.29) is 24.3 Å². The van der Waals surface area contributed by atoms with Crippen molar-refractivity contribution in [2.45, 2.75) is 19.1 Å². The van der Waals surface area contributed by atoms with Gasteiger partial charge in [0, 0.05) is 6.42 Å². The first-order chi connectivity index (χ1) is 16.9. The zero-order valence-corrected chi connectivity index (χ0v) is 18.7. The number of alkyl carbamates (subject to hydrolysis) is 1. The van der Waals surface area contributed by atoms with Gasteiger partial charge in [-0.25, -0.2) is 14.4 Å². The fraction of sp³-hybridized carbons (Fsp3) is 0.154. The molecule has 0 aliphatic rings. The van der Waals surface area contributed by atoms with Crippen LogP contribution < -0.4 is 10.6 Å². The molecule has 2 amide bonds. The Morgan fingerprint density at radius 2 is 1.40 bits per heavy atom. The fourth-order valence-electron chi connectivity index (χ4n) is 3.08. The molecule has 0 fully saturated rings. The molecule has 0 saturated heterocycles. The first-order valence-electron chi connectivity index (χ1n) is 10.7. The third kappa shape index (κ3) is 8.01. The van der Waals surface area contributed by atoms with Gasteiger partial charge in [-0.3, -0.25) is 4.79 Å². The van der Waals surface area contributed by atoms with Crippen LogP contribution in [-0.2, 0) is 32.1 Å². The van der Waals surface area contributed by atoms with Crippen LogP contribution in [0, 0.1) is 0 Å². The van der Waals surface area contributed by atoms with Crippen LogP contribution in [0.4, 0.5) is 4.79 Å². The molecule has 1 atom stereocenters. The number of rotatable bonds is 9. The summed E-state index contributed by atoms with van der Waals surface area (Å²) in [6, 6.07) is 22.4. The number of benzene rings is 3. The van der Waals surface area contributed by atoms with E-state index in [0.29, 0.717) is 0 Å². The highest BCUT2D eigenvalue weighted by Gasteiger charge is 2.26. The Kier molecular flexibility index (Phi) is 8.95. The summed E-state index contributed by atoms with van der Waals surface area (Å²) in [5, 5.41) is 14.4. The van der Waals surface area contributed by atoms with Crippen molar-refractivity contribution in [1.82, 2.24) is 10.6 Å². The van der Waals surface area contributed by atoms with Crippen molar-refractivity contribution in [3.63, 3.8) is 0 Å². The van der Waals surface area contributed by atoms with E-state index in [0.717, 1.165) is 11.1 Å². The molecule has 0 heterocycles. The van der Waals surface area contributed by atoms with E-state index in [4.69, 9.17) is 9.47 Å². The van der Waals surface area contributed by atoms with Gasteiger partial charge in [-0.2, -0.15) is 0 Å². The Labute approximate surface area is 201 Å². The predicted molar refractivity (Wildman–Crippen MR) is 125 cm³/mol. The number of para-hydroxylation sites is 1. The molecule has 9 heteroatoms. The molecule has 3 aromatic rings. The predicted octanol–water partition coefficient (Wildman–Crippen LogP) is 2.73. The van der Waals surface area contributed by atoms with Gasteiger partial charge in [-0.15, -0.1) is 0 Å². The summed E-state index contributed by atoms with van der Waals surface area (Å²) in [6.45, 7) is -0.619. The Balaban J connectivity index is 1.57. The van der Waals surface area contributed by atoms with Gasteiger partial charge in [0.15, 0.2) is 0 Å². The molecular formula is C26H24N2O7. The number of phenols is 1. The second-order valence-electron chi connectivity index (χ2n) is 7.44. The third-order valence-electron chi connectivity index (χ3n) is 4.83. The molecule has 9 nitrogen and oxygen atoms in total. The highest BCUT2D eigenvalue weighted by atomic mass is 16.6. The number of hydrogen-bond acceptors (Lipinski definition) is 7. The van der Waals surface area contributed by atoms with Crippen molar-refractivity contribution < 1.29 is 33.8 Å². The van der Waals surface area contributed by atoms with Gasteiger partial charge in [-0.05, 0) is 23.3 Å². The van der Waals surface area contributed by atoms with Crippen molar-refractivity contribution in [3.05, 3.63) is 102 Å². The number of esters is 2. The van der Waals surface area contributed by atoms with E-state index in [1.54, 1.807) is 66.7 Å². The number of hydrogen-bond donors (Lipinski definition) is 3. The summed E-state index contributed by atoms with van der Waals surface area (Å²) < 4.78 is 10.0. The first-order valence-corrected chi connectivity index (χ1v) is 10.7. The second kappa shape index (κ2) is 12.5. The van der Waals surface area contributed by atoms with Crippen LogP contribution in [-0.4, -0.2) is 41.6 Å². The van der Waals surface area contributed by atoms with E-state index < -0.39 is 36.5 Å². The number of aromatic hydroxyl groups is 1. The molecule has 0 radical (unpaired) electrons. The van der Waals surface area contributed by atoms with Gasteiger partial charge in [0.05, 0.1) is 5.56 Å². The molecule has 3 rings (SSSR count). The van der Waals surface area contributed by atoms with E-state index in [1.807, 2.05) is 6.07 Å². The number of amides is 2. The maximum Gasteiger partial charge on any atom is 0.408 e. The van der Waals surface area contributed by atoms with Gasteiger partial charge in [0.2, 0.25) is 0 Å². The largest absolute Gasteiger partial charge is 0.507 e. The van der Waals surface area contributed by atoms with Crippen molar-refractivity contribution in [1.29, 1.82) is 0 Å². The lowest BCUT2D eigenvalue weighted by Gasteiger charge is -2.17. The van der Waals surface area contributed by atoms with Crippen molar-refractivity contribution in [2.24, 2.45) is 0 Å². The smallest absolute Gasteiger partial charge is 0.408 e. The van der Waals surface area contributed by atoms with Crippen LogP contribution in [0.2, 0.25) is 0 Å². The second-order valence-corrected chi connectivity index (χ2v) is 7.44. The fourth-order valence-corrected chi connectivity index (χ4v) is 3.08. The highest BCUT2D eigenvalue weighted by Crippen LogP contribution is 2.15. The van der Waals surface area contributed by atoms with Gasteiger partial charge in [0.25, 0.3) is 5.91 Å². The lowest BCUT2D eigenvalue weighted by molar-refractivity contribution is -0.160. The Bertz CT molecular complexity index is 1170. The van der Waals surface area contributed by atoms with Gasteiger partial charge in [-0.1, -0.05) is 72.8 Å². The summed E-state index contributed by atoms with van der Waals surface area (Å²) in [5.74, 6) is -3.00. The Morgan fingerprint density at radius 1 is 0.800 bits per heavy atom. The lowest BCUT2D eigenvalue weighted by Crippen LogP contribution is -2.45. The maximum atomic E-state index is 12.7. The minimum Gasteiger partial charge on any atom is -0.507 e. The Morgan fingerprint density at radius 3 is 2.06 bits per heavy atom. The standard InChI is InChI=1S/C26H24N2O7/c29-22-14-8-7-13-20(22)24(31)27-16-23(30)35-25(32)21(15-18-9-3-1-4-10-18)28-26(33)34-17-19-11-5-2-6-12-19/h1-14,21,29H,15-17H2,(H,27,31)(H,28,33). The normalized spacial score (nSPS) is 11.1. The van der Waals surface area contributed by atoms with Gasteiger partial charge < -0.3 is 25.2 Å². The monoisotopic (exact) mass is 476 g/mol. The van der Waals surface area contributed by atoms with Crippen LogP contribution in [0.25, 0.3) is 0 Å². The van der Waals surface area contributed by atoms with Crippen molar-refractivity contribution in [2.75, 3.05) is 6.54 Å². The van der Waals surface area contributed by atoms with E-state index in [9.17, 15) is 24.3 Å². The number of carbonyl (C=O) groups excluding carboxylic acids is 4. The molecule has 0 saturated carbocycles. The zero-order valence-electron chi connectivity index (χ0n) is 18.7. The first kappa shape index (κ1) is 25.0. The molecule has 0 spiro atoms. The molecular weight excluding hydrogens is 452 g/mol. The molecule has 3 aromatic carbocycles. The molecule has 180 valence electrons. The summed E-state index contributed by atoms with van der Waals surface area (Å²) in [4.78, 5) is 49.3. The number of carbonyl (C=O) groups is 4. The van der Waals surface area contributed by atoms with E-state index >= 15 is 0 Å². The lowest BCUT2D eigenvalue weighted by atomic mass is 10.1. The van der Waals surface area contributed by atoms with Gasteiger partial charge >= 0.3 is 18.0 Å². The average Bonchev–Trinajstić information content (AvgIpc) is 2.87. The van der Waals surface area contributed by atoms with Crippen LogP contribution >= 0.6 is 0 Å². The maximum absolute atomic E-state index is 12.7. The summed E-state index contributed by atoms with van der Waals surface area (Å²) in [7, 11) is 0. The van der Waals surface area contributed by atoms with E-state index in [2.05, 4.69) is 10.6 Å². The molecule has 1 unspecified atom stereocenters. The van der Waals surface area contributed by atoms with Crippen LogP contribution in [0.15, 0.2) is 84.9 Å². The number of phenolic OH excluding ortho intramolecular Hbond substituents is 1. The quantitative estimate of drug-likeness (QED) is 0.320. The minimum absolute atomic E-state index is 0.00291. The minimum atomic E-state index is -1.21. The van der Waals surface area contributed by atoms with Crippen LogP contribution in [0.3, 0.4) is 0 Å². The van der Waals surface area contributed by atoms with Crippen molar-refractivity contribution >= 4 is 23.9 Å². The molecule has 3 N–H and O–H groups in total. The van der Waals surface area contributed by atoms with Gasteiger partial charge in [0.1, 0.15) is 24.9 Å². The SMILES string of the molecule is O=C(CNC(=O)c1ccccc1O)OC(=O)C(Cc1ccccc1)NC(=O)OCc1ccccc1. The number of ether oxygens (including phenoxy) is 2. The zero-order chi connectivity index (χ0) is 25.0. The average molecular weight is 476 g/mol. The molecule has 0 aliphatic carbocycles.